The second kappa shape index (κ2) is 5.24. The quantitative estimate of drug-likeness (QED) is 0.753. The summed E-state index contributed by atoms with van der Waals surface area (Å²) < 4.78 is 0. The van der Waals surface area contributed by atoms with E-state index >= 15 is 0 Å². The molecule has 0 aliphatic rings. The van der Waals surface area contributed by atoms with Crippen LogP contribution in [0.3, 0.4) is 0 Å². The van der Waals surface area contributed by atoms with Crippen LogP contribution in [0.2, 0.25) is 0 Å². The van der Waals surface area contributed by atoms with E-state index in [9.17, 15) is 0 Å². The molecule has 3 aromatic rings. The molecule has 2 aromatic heterocycles. The Morgan fingerprint density at radius 2 is 1.95 bits per heavy atom. The number of para-hydroxylation sites is 1. The summed E-state index contributed by atoms with van der Waals surface area (Å²) in [6, 6.07) is 11.8. The number of hydrogen-bond donors (Lipinski definition) is 2. The molecule has 0 radical (unpaired) electrons. The molecule has 2 heterocycles. The Hall–Kier alpha value is -2.89. The predicted molar refractivity (Wildman–Crippen MR) is 83.5 cm³/mol. The largest absolute Gasteiger partial charge is 0.369 e. The first-order valence-electron chi connectivity index (χ1n) is 6.62. The lowest BCUT2D eigenvalue weighted by atomic mass is 10.3. The molecule has 0 unspecified atom stereocenters. The minimum atomic E-state index is 0.432. The molecule has 6 heteroatoms. The highest BCUT2D eigenvalue weighted by molar-refractivity contribution is 5.83. The zero-order valence-corrected chi connectivity index (χ0v) is 11.7. The second-order valence-corrected chi connectivity index (χ2v) is 4.93. The first-order chi connectivity index (χ1) is 10.1. The fourth-order valence-electron chi connectivity index (χ4n) is 2.23. The van der Waals surface area contributed by atoms with Gasteiger partial charge in [0.15, 0.2) is 5.52 Å². The van der Waals surface area contributed by atoms with Crippen LogP contribution < -0.4 is 21.4 Å². The van der Waals surface area contributed by atoms with Crippen LogP contribution in [0.4, 0.5) is 17.3 Å². The van der Waals surface area contributed by atoms with Crippen molar-refractivity contribution in [1.29, 1.82) is 0 Å². The van der Waals surface area contributed by atoms with Gasteiger partial charge in [0.2, 0.25) is 11.6 Å². The summed E-state index contributed by atoms with van der Waals surface area (Å²) in [5, 5.41) is 0. The van der Waals surface area contributed by atoms with Crippen molar-refractivity contribution < 1.29 is 4.98 Å². The van der Waals surface area contributed by atoms with E-state index < -0.39 is 0 Å². The molecule has 0 aliphatic heterocycles. The number of nitrogens with one attached hydrogen (secondary N) is 1. The topological polar surface area (TPSA) is 95.2 Å². The van der Waals surface area contributed by atoms with Gasteiger partial charge in [-0.25, -0.2) is 9.97 Å². The minimum absolute atomic E-state index is 0.432. The predicted octanol–water partition coefficient (Wildman–Crippen LogP) is 1.24. The summed E-state index contributed by atoms with van der Waals surface area (Å²) in [6.07, 6.45) is 1.75. The lowest BCUT2D eigenvalue weighted by Gasteiger charge is -2.18. The number of nitrogen functional groups attached to an aromatic ring is 2. The number of pyridine rings is 1. The minimum Gasteiger partial charge on any atom is -0.369 e. The molecule has 0 spiro atoms. The molecule has 0 saturated heterocycles. The Labute approximate surface area is 122 Å². The smallest absolute Gasteiger partial charge is 0.245 e. The molecule has 5 N–H and O–H groups in total. The molecular formula is C15H17N6+. The summed E-state index contributed by atoms with van der Waals surface area (Å²) in [5.74, 6) is 0.908. The van der Waals surface area contributed by atoms with Gasteiger partial charge in [0.05, 0.1) is 18.4 Å². The molecule has 0 aliphatic carbocycles. The molecule has 106 valence electrons. The molecule has 0 fully saturated rings. The second-order valence-electron chi connectivity index (χ2n) is 4.93. The van der Waals surface area contributed by atoms with Crippen molar-refractivity contribution >= 4 is 28.4 Å². The first-order valence-corrected chi connectivity index (χ1v) is 6.62. The third-order valence-electron chi connectivity index (χ3n) is 3.27. The maximum atomic E-state index is 5.92. The van der Waals surface area contributed by atoms with Crippen LogP contribution in [-0.2, 0) is 6.54 Å². The highest BCUT2D eigenvalue weighted by Crippen LogP contribution is 2.17. The Morgan fingerprint density at radius 1 is 1.19 bits per heavy atom. The van der Waals surface area contributed by atoms with E-state index in [0.717, 1.165) is 11.4 Å². The zero-order valence-electron chi connectivity index (χ0n) is 11.7. The number of aromatic amines is 1. The number of rotatable bonds is 3. The van der Waals surface area contributed by atoms with Crippen LogP contribution in [0.1, 0.15) is 5.69 Å². The van der Waals surface area contributed by atoms with E-state index in [1.165, 1.54) is 0 Å². The van der Waals surface area contributed by atoms with Gasteiger partial charge in [0.25, 0.3) is 0 Å². The van der Waals surface area contributed by atoms with Gasteiger partial charge in [0, 0.05) is 18.8 Å². The summed E-state index contributed by atoms with van der Waals surface area (Å²) in [4.78, 5) is 13.9. The maximum absolute atomic E-state index is 5.92. The molecule has 3 rings (SSSR count). The fraction of sp³-hybridized carbons (Fsp3) is 0.133. The molecular weight excluding hydrogens is 264 g/mol. The van der Waals surface area contributed by atoms with Crippen LogP contribution >= 0.6 is 0 Å². The third kappa shape index (κ3) is 2.69. The summed E-state index contributed by atoms with van der Waals surface area (Å²) in [7, 11) is 2.01. The molecule has 0 bridgehead atoms. The molecule has 1 aromatic carbocycles. The lowest BCUT2D eigenvalue weighted by molar-refractivity contribution is -0.340. The van der Waals surface area contributed by atoms with E-state index in [2.05, 4.69) is 32.0 Å². The third-order valence-corrected chi connectivity index (χ3v) is 3.27. The Balaban J connectivity index is 1.91. The van der Waals surface area contributed by atoms with Crippen molar-refractivity contribution in [2.24, 2.45) is 0 Å². The zero-order chi connectivity index (χ0) is 14.8. The number of nitrogens with zero attached hydrogens (tertiary/aromatic N) is 3. The number of nitrogens with two attached hydrogens (primary N) is 2. The first kappa shape index (κ1) is 13.1. The van der Waals surface area contributed by atoms with Crippen molar-refractivity contribution in [2.45, 2.75) is 6.54 Å². The van der Waals surface area contributed by atoms with Gasteiger partial charge in [-0.3, -0.25) is 4.98 Å². The monoisotopic (exact) mass is 281 g/mol. The average Bonchev–Trinajstić information content (AvgIpc) is 2.48. The number of anilines is 3. The number of benzene rings is 1. The van der Waals surface area contributed by atoms with Gasteiger partial charge in [-0.1, -0.05) is 18.2 Å². The highest BCUT2D eigenvalue weighted by Gasteiger charge is 2.10. The number of H-pyrrole nitrogens is 1. The lowest BCUT2D eigenvalue weighted by Crippen LogP contribution is -2.19. The van der Waals surface area contributed by atoms with Crippen molar-refractivity contribution in [3.8, 4) is 0 Å². The molecule has 6 nitrogen and oxygen atoms in total. The maximum Gasteiger partial charge on any atom is 0.245 e. The van der Waals surface area contributed by atoms with Crippen LogP contribution in [-0.4, -0.2) is 17.0 Å². The van der Waals surface area contributed by atoms with E-state index in [-0.39, 0.29) is 0 Å². The van der Waals surface area contributed by atoms with Gasteiger partial charge >= 0.3 is 0 Å². The van der Waals surface area contributed by atoms with E-state index in [1.807, 2.05) is 25.2 Å². The standard InChI is InChI=1S/C15H16N6/c1-21(11-5-3-2-4-6-11)9-10-8-18-12-7-13(16)20-15(17)14(12)19-10/h2-8H,9H2,1H3,(H4,16,17,20)/p+1. The van der Waals surface area contributed by atoms with Gasteiger partial charge < -0.3 is 16.4 Å². The van der Waals surface area contributed by atoms with Crippen molar-refractivity contribution in [3.05, 3.63) is 48.3 Å². The fourth-order valence-corrected chi connectivity index (χ4v) is 2.23. The molecule has 0 amide bonds. The van der Waals surface area contributed by atoms with Gasteiger partial charge in [0.1, 0.15) is 5.52 Å². The Kier molecular flexibility index (Phi) is 3.27. The van der Waals surface area contributed by atoms with E-state index in [1.54, 1.807) is 12.3 Å². The number of fused-ring (bicyclic) bond motifs is 1. The van der Waals surface area contributed by atoms with E-state index in [0.29, 0.717) is 29.2 Å². The van der Waals surface area contributed by atoms with Gasteiger partial charge in [-0.15, -0.1) is 0 Å². The average molecular weight is 281 g/mol. The summed E-state index contributed by atoms with van der Waals surface area (Å²) in [6.45, 7) is 0.650. The normalized spacial score (nSPS) is 10.7. The van der Waals surface area contributed by atoms with Crippen LogP contribution in [0, 0.1) is 0 Å². The highest BCUT2D eigenvalue weighted by atomic mass is 15.1. The Bertz CT molecular complexity index is 772. The van der Waals surface area contributed by atoms with E-state index in [4.69, 9.17) is 11.5 Å². The molecule has 21 heavy (non-hydrogen) atoms. The number of hydrogen-bond acceptors (Lipinski definition) is 5. The summed E-state index contributed by atoms with van der Waals surface area (Å²) in [5.41, 5.74) is 14.9. The Morgan fingerprint density at radius 3 is 2.71 bits per heavy atom. The summed E-state index contributed by atoms with van der Waals surface area (Å²) >= 11 is 0. The van der Waals surface area contributed by atoms with Crippen molar-refractivity contribution in [3.63, 3.8) is 0 Å². The molecule has 0 saturated carbocycles. The number of aromatic nitrogens is 3. The van der Waals surface area contributed by atoms with Crippen molar-refractivity contribution in [1.82, 2.24) is 9.97 Å². The van der Waals surface area contributed by atoms with Gasteiger partial charge in [-0.2, -0.15) is 0 Å². The van der Waals surface area contributed by atoms with Crippen LogP contribution in [0.25, 0.3) is 11.0 Å². The molecule has 0 atom stereocenters. The SMILES string of the molecule is CN(Cc1cnc2cc(N)[nH+]c(N)c2n1)c1ccccc1. The van der Waals surface area contributed by atoms with Crippen molar-refractivity contribution in [2.75, 3.05) is 23.4 Å². The van der Waals surface area contributed by atoms with Crippen LogP contribution in [0.5, 0.6) is 0 Å². The van der Waals surface area contributed by atoms with Crippen LogP contribution in [0.15, 0.2) is 42.6 Å². The van der Waals surface area contributed by atoms with Gasteiger partial charge in [-0.05, 0) is 12.1 Å².